The number of benzene rings is 2. The minimum Gasteiger partial charge on any atom is -0.383 e. The first-order valence-corrected chi connectivity index (χ1v) is 10.1. The van der Waals surface area contributed by atoms with Crippen molar-refractivity contribution in [3.63, 3.8) is 0 Å². The van der Waals surface area contributed by atoms with Crippen LogP contribution >= 0.6 is 0 Å². The average Bonchev–Trinajstić information content (AvgIpc) is 2.66. The van der Waals surface area contributed by atoms with Gasteiger partial charge in [0.1, 0.15) is 0 Å². The van der Waals surface area contributed by atoms with Crippen LogP contribution in [-0.2, 0) is 14.8 Å². The topological polar surface area (TPSA) is 96.5 Å². The molecule has 0 saturated carbocycles. The second-order valence-corrected chi connectivity index (χ2v) is 7.68. The highest BCUT2D eigenvalue weighted by atomic mass is 32.2. The number of ether oxygens (including phenoxy) is 1. The van der Waals surface area contributed by atoms with E-state index >= 15 is 0 Å². The van der Waals surface area contributed by atoms with Crippen molar-refractivity contribution in [3.05, 3.63) is 59.7 Å². The monoisotopic (exact) mass is 391 g/mol. The van der Waals surface area contributed by atoms with Gasteiger partial charge < -0.3 is 15.4 Å². The summed E-state index contributed by atoms with van der Waals surface area (Å²) in [6.07, 6.45) is 0. The summed E-state index contributed by atoms with van der Waals surface area (Å²) in [5.74, 6) is -0.323. The number of rotatable bonds is 10. The van der Waals surface area contributed by atoms with E-state index in [4.69, 9.17) is 4.74 Å². The zero-order valence-corrected chi connectivity index (χ0v) is 16.3. The van der Waals surface area contributed by atoms with Crippen molar-refractivity contribution in [2.75, 3.05) is 38.1 Å². The third kappa shape index (κ3) is 6.67. The maximum atomic E-state index is 12.6. The van der Waals surface area contributed by atoms with E-state index in [1.54, 1.807) is 31.4 Å². The number of anilines is 1. The lowest BCUT2D eigenvalue weighted by atomic mass is 10.2. The molecule has 2 aromatic rings. The van der Waals surface area contributed by atoms with E-state index in [-0.39, 0.29) is 10.8 Å². The molecule has 27 heavy (non-hydrogen) atoms. The number of hydrogen-bond acceptors (Lipinski definition) is 5. The van der Waals surface area contributed by atoms with Crippen LogP contribution in [0.5, 0.6) is 0 Å². The van der Waals surface area contributed by atoms with Crippen molar-refractivity contribution in [1.82, 2.24) is 10.6 Å². The molecule has 146 valence electrons. The van der Waals surface area contributed by atoms with Crippen molar-refractivity contribution in [3.8, 4) is 0 Å². The van der Waals surface area contributed by atoms with Gasteiger partial charge in [-0.1, -0.05) is 23.8 Å². The van der Waals surface area contributed by atoms with E-state index in [9.17, 15) is 13.2 Å². The zero-order valence-electron chi connectivity index (χ0n) is 15.5. The molecule has 2 aromatic carbocycles. The van der Waals surface area contributed by atoms with Gasteiger partial charge in [-0.25, -0.2) is 8.42 Å². The van der Waals surface area contributed by atoms with Crippen LogP contribution in [-0.4, -0.2) is 47.7 Å². The van der Waals surface area contributed by atoms with Crippen LogP contribution in [0.25, 0.3) is 0 Å². The largest absolute Gasteiger partial charge is 0.383 e. The van der Waals surface area contributed by atoms with Crippen LogP contribution in [0, 0.1) is 6.92 Å². The lowest BCUT2D eigenvalue weighted by molar-refractivity contribution is 0.0953. The number of aryl methyl sites for hydroxylation is 1. The zero-order chi connectivity index (χ0) is 19.7. The summed E-state index contributed by atoms with van der Waals surface area (Å²) in [7, 11) is -2.15. The summed E-state index contributed by atoms with van der Waals surface area (Å²) in [5.41, 5.74) is 1.80. The Hall–Kier alpha value is -2.42. The molecule has 0 radical (unpaired) electrons. The predicted molar refractivity (Wildman–Crippen MR) is 106 cm³/mol. The fourth-order valence-electron chi connectivity index (χ4n) is 2.31. The molecule has 7 nitrogen and oxygen atoms in total. The predicted octanol–water partition coefficient (Wildman–Crippen LogP) is 1.76. The van der Waals surface area contributed by atoms with Crippen molar-refractivity contribution in [2.24, 2.45) is 0 Å². The Labute approximate surface area is 160 Å². The van der Waals surface area contributed by atoms with Gasteiger partial charge in [-0.3, -0.25) is 9.52 Å². The molecular weight excluding hydrogens is 366 g/mol. The smallest absolute Gasteiger partial charge is 0.261 e. The summed E-state index contributed by atoms with van der Waals surface area (Å²) >= 11 is 0. The Kier molecular flexibility index (Phi) is 7.78. The summed E-state index contributed by atoms with van der Waals surface area (Å²) in [4.78, 5) is 12.3. The molecular formula is C19H25N3O4S. The van der Waals surface area contributed by atoms with Crippen LogP contribution < -0.4 is 15.4 Å². The molecule has 8 heteroatoms. The minimum atomic E-state index is -3.77. The van der Waals surface area contributed by atoms with Gasteiger partial charge in [-0.2, -0.15) is 0 Å². The number of carbonyl (C=O) groups is 1. The third-order valence-corrected chi connectivity index (χ3v) is 5.16. The molecule has 0 unspecified atom stereocenters. The first-order chi connectivity index (χ1) is 12.9. The van der Waals surface area contributed by atoms with Crippen LogP contribution in [0.1, 0.15) is 15.9 Å². The van der Waals surface area contributed by atoms with E-state index < -0.39 is 10.0 Å². The summed E-state index contributed by atoms with van der Waals surface area (Å²) < 4.78 is 32.6. The molecule has 0 bridgehead atoms. The lowest BCUT2D eigenvalue weighted by Crippen LogP contribution is -2.33. The SMILES string of the molecule is COCCNCCNC(=O)c1cccc(S(=O)(=O)Nc2ccc(C)cc2)c1. The summed E-state index contributed by atoms with van der Waals surface area (Å²) in [5, 5.41) is 5.87. The van der Waals surface area contributed by atoms with Gasteiger partial charge in [0.25, 0.3) is 15.9 Å². The minimum absolute atomic E-state index is 0.0361. The van der Waals surface area contributed by atoms with Gasteiger partial charge in [0.2, 0.25) is 0 Å². The van der Waals surface area contributed by atoms with E-state index in [1.807, 2.05) is 19.1 Å². The van der Waals surface area contributed by atoms with Crippen molar-refractivity contribution in [2.45, 2.75) is 11.8 Å². The lowest BCUT2D eigenvalue weighted by Gasteiger charge is -2.10. The van der Waals surface area contributed by atoms with Crippen molar-refractivity contribution >= 4 is 21.6 Å². The van der Waals surface area contributed by atoms with E-state index in [2.05, 4.69) is 15.4 Å². The summed E-state index contributed by atoms with van der Waals surface area (Å²) in [6, 6.07) is 13.0. The fraction of sp³-hybridized carbons (Fsp3) is 0.316. The molecule has 1 amide bonds. The van der Waals surface area contributed by atoms with Crippen LogP contribution in [0.2, 0.25) is 0 Å². The number of hydrogen-bond donors (Lipinski definition) is 3. The van der Waals surface area contributed by atoms with Gasteiger partial charge in [0, 0.05) is 38.0 Å². The first kappa shape index (κ1) is 20.9. The van der Waals surface area contributed by atoms with Crippen molar-refractivity contribution < 1.29 is 17.9 Å². The Morgan fingerprint density at radius 1 is 1.04 bits per heavy atom. The molecule has 0 aliphatic rings. The van der Waals surface area contributed by atoms with Crippen molar-refractivity contribution in [1.29, 1.82) is 0 Å². The second kappa shape index (κ2) is 10.1. The number of methoxy groups -OCH3 is 1. The normalized spacial score (nSPS) is 11.2. The van der Waals surface area contributed by atoms with Crippen LogP contribution in [0.15, 0.2) is 53.4 Å². The Morgan fingerprint density at radius 3 is 2.48 bits per heavy atom. The standard InChI is InChI=1S/C19H25N3O4S/c1-15-6-8-17(9-7-15)22-27(24,25)18-5-3-4-16(14-18)19(23)21-11-10-20-12-13-26-2/h3-9,14,20,22H,10-13H2,1-2H3,(H,21,23). The van der Waals surface area contributed by atoms with Crippen LogP contribution in [0.3, 0.4) is 0 Å². The van der Waals surface area contributed by atoms with Gasteiger partial charge in [0.15, 0.2) is 0 Å². The maximum absolute atomic E-state index is 12.6. The van der Waals surface area contributed by atoms with E-state index in [1.165, 1.54) is 12.1 Å². The fourth-order valence-corrected chi connectivity index (χ4v) is 3.41. The molecule has 0 aromatic heterocycles. The summed E-state index contributed by atoms with van der Waals surface area (Å²) in [6.45, 7) is 4.25. The highest BCUT2D eigenvalue weighted by Crippen LogP contribution is 2.17. The number of nitrogens with one attached hydrogen (secondary N) is 3. The first-order valence-electron chi connectivity index (χ1n) is 8.60. The number of carbonyl (C=O) groups excluding carboxylic acids is 1. The maximum Gasteiger partial charge on any atom is 0.261 e. The Balaban J connectivity index is 1.98. The molecule has 0 atom stereocenters. The third-order valence-electron chi connectivity index (χ3n) is 3.78. The average molecular weight is 391 g/mol. The van der Waals surface area contributed by atoms with Gasteiger partial charge in [-0.15, -0.1) is 0 Å². The quantitative estimate of drug-likeness (QED) is 0.536. The molecule has 0 heterocycles. The van der Waals surface area contributed by atoms with E-state index in [0.29, 0.717) is 37.5 Å². The number of amides is 1. The highest BCUT2D eigenvalue weighted by Gasteiger charge is 2.16. The number of sulfonamides is 1. The van der Waals surface area contributed by atoms with E-state index in [0.717, 1.165) is 5.56 Å². The molecule has 0 aliphatic carbocycles. The Bertz CT molecular complexity index is 852. The second-order valence-electron chi connectivity index (χ2n) is 6.00. The molecule has 0 aliphatic heterocycles. The molecule has 3 N–H and O–H groups in total. The molecule has 0 spiro atoms. The molecule has 2 rings (SSSR count). The van der Waals surface area contributed by atoms with Gasteiger partial charge in [0.05, 0.1) is 11.5 Å². The molecule has 0 saturated heterocycles. The highest BCUT2D eigenvalue weighted by molar-refractivity contribution is 7.92. The Morgan fingerprint density at radius 2 is 1.78 bits per heavy atom. The van der Waals surface area contributed by atoms with Gasteiger partial charge >= 0.3 is 0 Å². The van der Waals surface area contributed by atoms with Crippen LogP contribution in [0.4, 0.5) is 5.69 Å². The van der Waals surface area contributed by atoms with Gasteiger partial charge in [-0.05, 0) is 37.3 Å². The molecule has 0 fully saturated rings.